The van der Waals surface area contributed by atoms with Crippen LogP contribution < -0.4 is 4.74 Å². The molecule has 0 spiro atoms. The summed E-state index contributed by atoms with van der Waals surface area (Å²) in [5, 5.41) is 9.01. The van der Waals surface area contributed by atoms with Crippen LogP contribution in [-0.4, -0.2) is 35.8 Å². The number of phenolic OH excluding ortho intramolecular Hbond substituents is 1. The van der Waals surface area contributed by atoms with Crippen LogP contribution in [0.1, 0.15) is 118 Å². The van der Waals surface area contributed by atoms with Crippen molar-refractivity contribution in [2.75, 3.05) is 6.61 Å². The van der Waals surface area contributed by atoms with Gasteiger partial charge in [0.25, 0.3) is 0 Å². The Morgan fingerprint density at radius 2 is 1.21 bits per heavy atom. The highest BCUT2D eigenvalue weighted by Gasteiger charge is 2.57. The highest BCUT2D eigenvalue weighted by Crippen LogP contribution is 2.42. The molecule has 0 saturated heterocycles. The summed E-state index contributed by atoms with van der Waals surface area (Å²) < 4.78 is 53.6. The number of rotatable bonds is 10. The summed E-state index contributed by atoms with van der Waals surface area (Å²) in [6.07, 6.45) is -2.78. The number of alkyl halides is 3. The van der Waals surface area contributed by atoms with Crippen LogP contribution in [0, 0.1) is 5.41 Å². The van der Waals surface area contributed by atoms with E-state index in [-0.39, 0.29) is 12.7 Å². The number of aromatic hydroxyl groups is 1. The molecule has 0 heterocycles. The molecule has 0 amide bonds. The van der Waals surface area contributed by atoms with Crippen molar-refractivity contribution in [3.63, 3.8) is 0 Å². The maximum atomic E-state index is 12.6. The van der Waals surface area contributed by atoms with Crippen molar-refractivity contribution in [1.82, 2.24) is 0 Å². The van der Waals surface area contributed by atoms with Gasteiger partial charge in [-0.2, -0.15) is 13.2 Å². The minimum absolute atomic E-state index is 0.181. The van der Waals surface area contributed by atoms with Crippen LogP contribution in [0.5, 0.6) is 11.5 Å². The van der Waals surface area contributed by atoms with Crippen LogP contribution in [0.3, 0.4) is 0 Å². The Labute approximate surface area is 251 Å². The number of carbonyl (C=O) groups excluding carboxylic acids is 1. The summed E-state index contributed by atoms with van der Waals surface area (Å²) in [4.78, 5) is 11.4. The van der Waals surface area contributed by atoms with Gasteiger partial charge in [-0.05, 0) is 108 Å². The lowest BCUT2D eigenvalue weighted by atomic mass is 9.86. The Hall–Kier alpha value is -2.74. The fourth-order valence-electron chi connectivity index (χ4n) is 3.46. The first-order chi connectivity index (χ1) is 19.3. The van der Waals surface area contributed by atoms with Crippen molar-refractivity contribution in [3.05, 3.63) is 59.7 Å². The first-order valence-electron chi connectivity index (χ1n) is 14.8. The molecule has 0 radical (unpaired) electrons. The van der Waals surface area contributed by atoms with Crippen LogP contribution in [0.2, 0.25) is 0 Å². The standard InChI is InChI=1S/C14H22O2.C10H17F3O2.C10H14O/c1-5-11(3)13-7-9-14(10-8-13)16-12(4)15-6-2;1-6-9(5,10(11,12)13)7(14)15-8(2,3)4;1-3-8(2)9-4-6-10(11)7-5-9/h7-12H,5-6H2,1-4H3;6H2,1-5H3;4-8,11H,3H2,1-2H3. The van der Waals surface area contributed by atoms with Crippen molar-refractivity contribution in [2.24, 2.45) is 5.41 Å². The molecule has 2 aromatic rings. The van der Waals surface area contributed by atoms with E-state index in [1.807, 2.05) is 38.1 Å². The summed E-state index contributed by atoms with van der Waals surface area (Å²) in [6, 6.07) is 15.7. The number of phenols is 1. The first kappa shape index (κ1) is 39.3. The molecule has 8 heteroatoms. The molecule has 1 N–H and O–H groups in total. The molecule has 2 rings (SSSR count). The van der Waals surface area contributed by atoms with Crippen LogP contribution >= 0.6 is 0 Å². The SMILES string of the molecule is CCC(C)(C(=O)OC(C)(C)C)C(F)(F)F.CCC(C)c1ccc(O)cc1.CCOC(C)Oc1ccc(C(C)CC)cc1. The summed E-state index contributed by atoms with van der Waals surface area (Å²) >= 11 is 0. The summed E-state index contributed by atoms with van der Waals surface area (Å²) in [7, 11) is 0. The maximum Gasteiger partial charge on any atom is 0.404 e. The van der Waals surface area contributed by atoms with E-state index >= 15 is 0 Å². The Morgan fingerprint density at radius 3 is 1.55 bits per heavy atom. The zero-order chi connectivity index (χ0) is 32.7. The van der Waals surface area contributed by atoms with Gasteiger partial charge in [-0.25, -0.2) is 0 Å². The highest BCUT2D eigenvalue weighted by atomic mass is 19.4. The quantitative estimate of drug-likeness (QED) is 0.218. The number of hydrogen-bond acceptors (Lipinski definition) is 5. The van der Waals surface area contributed by atoms with E-state index < -0.39 is 23.2 Å². The van der Waals surface area contributed by atoms with E-state index in [0.29, 0.717) is 24.2 Å². The Kier molecular flexibility index (Phi) is 16.9. The molecule has 0 saturated carbocycles. The van der Waals surface area contributed by atoms with E-state index in [0.717, 1.165) is 25.5 Å². The van der Waals surface area contributed by atoms with E-state index in [2.05, 4.69) is 39.8 Å². The Balaban J connectivity index is 0.000000610. The zero-order valence-electron chi connectivity index (χ0n) is 27.4. The summed E-state index contributed by atoms with van der Waals surface area (Å²) in [6.45, 7) is 20.1. The fourth-order valence-corrected chi connectivity index (χ4v) is 3.46. The average Bonchev–Trinajstić information content (AvgIpc) is 2.91. The minimum atomic E-state index is -4.58. The van der Waals surface area contributed by atoms with E-state index in [9.17, 15) is 18.0 Å². The van der Waals surface area contributed by atoms with Gasteiger partial charge < -0.3 is 19.3 Å². The van der Waals surface area contributed by atoms with Crippen molar-refractivity contribution in [1.29, 1.82) is 0 Å². The molecule has 0 bridgehead atoms. The molecular weight excluding hydrogens is 545 g/mol. The lowest BCUT2D eigenvalue weighted by Gasteiger charge is -2.32. The van der Waals surface area contributed by atoms with Gasteiger partial charge in [-0.15, -0.1) is 0 Å². The molecule has 2 aromatic carbocycles. The van der Waals surface area contributed by atoms with Crippen molar-refractivity contribution in [2.45, 2.75) is 125 Å². The Morgan fingerprint density at radius 1 is 0.786 bits per heavy atom. The maximum absolute atomic E-state index is 12.6. The molecule has 4 unspecified atom stereocenters. The van der Waals surface area contributed by atoms with Gasteiger partial charge in [0.1, 0.15) is 17.1 Å². The molecule has 4 atom stereocenters. The summed E-state index contributed by atoms with van der Waals surface area (Å²) in [5.74, 6) is 1.20. The third kappa shape index (κ3) is 14.0. The molecule has 240 valence electrons. The van der Waals surface area contributed by atoms with Crippen LogP contribution in [0.4, 0.5) is 13.2 Å². The molecule has 0 aliphatic carbocycles. The zero-order valence-corrected chi connectivity index (χ0v) is 27.4. The smallest absolute Gasteiger partial charge is 0.404 e. The number of halogens is 3. The molecule has 0 aliphatic heterocycles. The predicted molar refractivity (Wildman–Crippen MR) is 164 cm³/mol. The average molecular weight is 599 g/mol. The van der Waals surface area contributed by atoms with Crippen LogP contribution in [-0.2, 0) is 14.3 Å². The molecule has 42 heavy (non-hydrogen) atoms. The number of ether oxygens (including phenoxy) is 3. The van der Waals surface area contributed by atoms with Crippen LogP contribution in [0.15, 0.2) is 48.5 Å². The highest BCUT2D eigenvalue weighted by molar-refractivity contribution is 5.77. The molecule has 0 aliphatic rings. The van der Waals surface area contributed by atoms with Gasteiger partial charge in [0.15, 0.2) is 11.7 Å². The number of esters is 1. The summed E-state index contributed by atoms with van der Waals surface area (Å²) in [5.41, 5.74) is -0.664. The third-order valence-electron chi connectivity index (χ3n) is 7.02. The van der Waals surface area contributed by atoms with Gasteiger partial charge in [0.05, 0.1) is 0 Å². The van der Waals surface area contributed by atoms with Gasteiger partial charge in [-0.3, -0.25) is 4.79 Å². The number of hydrogen-bond donors (Lipinski definition) is 1. The third-order valence-corrected chi connectivity index (χ3v) is 7.02. The van der Waals surface area contributed by atoms with Crippen molar-refractivity contribution >= 4 is 5.97 Å². The van der Waals surface area contributed by atoms with Crippen molar-refractivity contribution in [3.8, 4) is 11.5 Å². The topological polar surface area (TPSA) is 65.0 Å². The predicted octanol–water partition coefficient (Wildman–Crippen LogP) is 10.2. The van der Waals surface area contributed by atoms with Gasteiger partial charge in [-0.1, -0.05) is 58.9 Å². The first-order valence-corrected chi connectivity index (χ1v) is 14.8. The Bertz CT molecular complexity index is 1010. The molecule has 0 fully saturated rings. The van der Waals surface area contributed by atoms with Gasteiger partial charge in [0, 0.05) is 6.61 Å². The second-order valence-electron chi connectivity index (χ2n) is 11.6. The number of benzene rings is 2. The lowest BCUT2D eigenvalue weighted by Crippen LogP contribution is -2.45. The van der Waals surface area contributed by atoms with Gasteiger partial charge >= 0.3 is 12.1 Å². The lowest BCUT2D eigenvalue weighted by molar-refractivity contribution is -0.236. The van der Waals surface area contributed by atoms with E-state index in [1.54, 1.807) is 12.1 Å². The van der Waals surface area contributed by atoms with E-state index in [4.69, 9.17) is 19.3 Å². The fraction of sp³-hybridized carbons (Fsp3) is 0.618. The molecule has 0 aromatic heterocycles. The molecule has 5 nitrogen and oxygen atoms in total. The second-order valence-corrected chi connectivity index (χ2v) is 11.6. The molecular formula is C34H53F3O5. The second kappa shape index (κ2) is 18.0. The number of carbonyl (C=O) groups is 1. The minimum Gasteiger partial charge on any atom is -0.508 e. The largest absolute Gasteiger partial charge is 0.508 e. The normalized spacial score (nSPS) is 15.0. The van der Waals surface area contributed by atoms with Crippen molar-refractivity contribution < 1.29 is 37.3 Å². The van der Waals surface area contributed by atoms with E-state index in [1.165, 1.54) is 38.8 Å². The monoisotopic (exact) mass is 598 g/mol. The van der Waals surface area contributed by atoms with Gasteiger partial charge in [0.2, 0.25) is 0 Å². The van der Waals surface area contributed by atoms with Crippen LogP contribution in [0.25, 0.3) is 0 Å².